The van der Waals surface area contributed by atoms with E-state index in [0.717, 1.165) is 49.3 Å². The van der Waals surface area contributed by atoms with Crippen molar-refractivity contribution in [1.29, 1.82) is 0 Å². The molecule has 0 saturated carbocycles. The monoisotopic (exact) mass is 698 g/mol. The van der Waals surface area contributed by atoms with E-state index in [1.54, 1.807) is 28.5 Å². The van der Waals surface area contributed by atoms with Crippen molar-refractivity contribution in [3.63, 3.8) is 0 Å². The number of anilines is 2. The minimum Gasteiger partial charge on any atom is -0.507 e. The highest BCUT2D eigenvalue weighted by molar-refractivity contribution is 7.16. The van der Waals surface area contributed by atoms with Gasteiger partial charge in [0.2, 0.25) is 0 Å². The van der Waals surface area contributed by atoms with Gasteiger partial charge in [-0.2, -0.15) is 0 Å². The molecule has 51 heavy (non-hydrogen) atoms. The van der Waals surface area contributed by atoms with E-state index < -0.39 is 11.9 Å². The molecule has 0 radical (unpaired) electrons. The van der Waals surface area contributed by atoms with Crippen molar-refractivity contribution in [3.05, 3.63) is 124 Å². The van der Waals surface area contributed by atoms with Gasteiger partial charge in [-0.3, -0.25) is 0 Å². The lowest BCUT2D eigenvalue weighted by Gasteiger charge is -2.36. The van der Waals surface area contributed by atoms with Crippen LogP contribution in [0, 0.1) is 6.92 Å². The minimum atomic E-state index is -1.13. The first-order valence-electron chi connectivity index (χ1n) is 16.6. The van der Waals surface area contributed by atoms with Crippen molar-refractivity contribution >= 4 is 67.0 Å². The molecule has 3 N–H and O–H groups in total. The first-order valence-corrected chi connectivity index (χ1v) is 17.4. The molecule has 1 aromatic heterocycles. The van der Waals surface area contributed by atoms with Gasteiger partial charge >= 0.3 is 11.9 Å². The molecule has 1 saturated heterocycles. The Balaban J connectivity index is 1.17. The number of benzene rings is 5. The number of aromatic hydroxyl groups is 1. The molecule has 2 aliphatic heterocycles. The number of phenols is 1. The van der Waals surface area contributed by atoms with Gasteiger partial charge in [-0.1, -0.05) is 60.7 Å². The topological polar surface area (TPSA) is 124 Å². The summed E-state index contributed by atoms with van der Waals surface area (Å²) in [7, 11) is 1.27. The molecule has 256 valence electrons. The average molecular weight is 699 g/mol. The quantitative estimate of drug-likeness (QED) is 0.149. The van der Waals surface area contributed by atoms with Crippen LogP contribution in [0.4, 0.5) is 16.4 Å². The largest absolute Gasteiger partial charge is 0.507 e. The number of para-hydroxylation sites is 2. The van der Waals surface area contributed by atoms with Crippen LogP contribution in [0.5, 0.6) is 11.5 Å². The number of hydroxylamine groups is 2. The second-order valence-electron chi connectivity index (χ2n) is 12.6. The number of hydrogen-bond donors (Lipinski definition) is 3. The number of nitrogens with one attached hydrogen (secondary N) is 1. The minimum absolute atomic E-state index is 0.00765. The number of amidine groups is 1. The van der Waals surface area contributed by atoms with Crippen molar-refractivity contribution in [2.75, 3.05) is 38.6 Å². The smallest absolute Gasteiger partial charge is 0.341 e. The van der Waals surface area contributed by atoms with Crippen molar-refractivity contribution in [2.45, 2.75) is 13.3 Å². The number of phenolic OH excluding ortho intramolecular Hbond substituents is 1. The first-order chi connectivity index (χ1) is 24.8. The molecular formula is C40H34N4O6S. The number of carbonyl (C=O) groups is 2. The predicted octanol–water partition coefficient (Wildman–Crippen LogP) is 7.89. The number of rotatable bonds is 6. The number of hydrogen-bond acceptors (Lipinski definition) is 10. The molecule has 0 aliphatic carbocycles. The maximum atomic E-state index is 12.8. The number of piperazine rings is 1. The number of aryl methyl sites for hydroxylation is 1. The van der Waals surface area contributed by atoms with Crippen LogP contribution >= 0.6 is 11.3 Å². The second kappa shape index (κ2) is 13.1. The molecule has 8 rings (SSSR count). The molecule has 5 aromatic carbocycles. The van der Waals surface area contributed by atoms with Crippen molar-refractivity contribution in [1.82, 2.24) is 9.96 Å². The molecule has 10 nitrogen and oxygen atoms in total. The van der Waals surface area contributed by atoms with Gasteiger partial charge < -0.3 is 30.0 Å². The third-order valence-electron chi connectivity index (χ3n) is 9.45. The summed E-state index contributed by atoms with van der Waals surface area (Å²) >= 11 is 1.70. The van der Waals surface area contributed by atoms with Gasteiger partial charge in [-0.25, -0.2) is 14.6 Å². The summed E-state index contributed by atoms with van der Waals surface area (Å²) in [6.07, 6.45) is 0.0949. The molecule has 3 heterocycles. The maximum absolute atomic E-state index is 12.8. The number of aromatic carboxylic acids is 1. The molecule has 0 bridgehead atoms. The molecule has 6 aromatic rings. The normalized spacial score (nSPS) is 14.3. The lowest BCUT2D eigenvalue weighted by atomic mass is 9.90. The van der Waals surface area contributed by atoms with Crippen LogP contribution in [0.25, 0.3) is 21.5 Å². The van der Waals surface area contributed by atoms with Gasteiger partial charge in [0.25, 0.3) is 0 Å². The Morgan fingerprint density at radius 1 is 0.863 bits per heavy atom. The number of carboxylic acid groups (broad SMARTS) is 1. The van der Waals surface area contributed by atoms with Crippen LogP contribution in [0.2, 0.25) is 0 Å². The zero-order chi connectivity index (χ0) is 35.2. The van der Waals surface area contributed by atoms with E-state index in [2.05, 4.69) is 23.2 Å². The molecule has 1 fully saturated rings. The summed E-state index contributed by atoms with van der Waals surface area (Å²) in [5, 5.41) is 31.4. The Hall–Kier alpha value is -5.91. The molecule has 11 heteroatoms. The zero-order valence-corrected chi connectivity index (χ0v) is 28.8. The Labute approximate surface area is 297 Å². The van der Waals surface area contributed by atoms with E-state index >= 15 is 0 Å². The maximum Gasteiger partial charge on any atom is 0.341 e. The second-order valence-corrected chi connectivity index (χ2v) is 13.8. The fraction of sp³-hybridized carbons (Fsp3) is 0.175. The van der Waals surface area contributed by atoms with E-state index in [9.17, 15) is 19.8 Å². The SMILES string of the molecule is COC(=O)c1cc2ccccc2c(Cc2c(ON3CCN(C4=Nc5ccccc5Nc5sc(C)cc54)CC3)c(C(=O)O)cc3ccccc23)c1O. The zero-order valence-electron chi connectivity index (χ0n) is 28.0. The fourth-order valence-corrected chi connectivity index (χ4v) is 7.90. The summed E-state index contributed by atoms with van der Waals surface area (Å²) in [6.45, 7) is 4.22. The van der Waals surface area contributed by atoms with E-state index in [4.69, 9.17) is 14.6 Å². The van der Waals surface area contributed by atoms with E-state index in [1.165, 1.54) is 12.0 Å². The number of nitrogens with zero attached hydrogens (tertiary/aromatic N) is 3. The standard InChI is InChI=1S/C40H34N4O6S/c1-23-19-32-37(41-33-13-7-8-14-34(33)42-38(32)51-23)43-15-17-44(18-16-43)50-36-29(27-12-6-4-10-25(27)21-31(36)39(46)47)22-28-26-11-5-3-9-24(26)20-30(35(28)45)40(48)49-2/h3-14,19-21,42,45H,15-18,22H2,1-2H3,(H,46,47). The highest BCUT2D eigenvalue weighted by Crippen LogP contribution is 2.41. The number of aliphatic imine (C=N–C) groups is 1. The number of fused-ring (bicyclic) bond motifs is 4. The van der Waals surface area contributed by atoms with Crippen molar-refractivity contribution in [2.24, 2.45) is 4.99 Å². The molecule has 0 spiro atoms. The third kappa shape index (κ3) is 5.90. The molecular weight excluding hydrogens is 665 g/mol. The third-order valence-corrected chi connectivity index (χ3v) is 10.4. The number of carboxylic acids is 1. The van der Waals surface area contributed by atoms with Crippen LogP contribution < -0.4 is 10.2 Å². The molecule has 0 unspecified atom stereocenters. The van der Waals surface area contributed by atoms with Gasteiger partial charge in [-0.15, -0.1) is 16.4 Å². The van der Waals surface area contributed by atoms with Gasteiger partial charge in [0.05, 0.1) is 37.1 Å². The van der Waals surface area contributed by atoms with Crippen molar-refractivity contribution < 1.29 is 29.4 Å². The Morgan fingerprint density at radius 3 is 2.22 bits per heavy atom. The average Bonchev–Trinajstić information content (AvgIpc) is 3.44. The highest BCUT2D eigenvalue weighted by atomic mass is 32.1. The lowest BCUT2D eigenvalue weighted by molar-refractivity contribution is -0.0804. The summed E-state index contributed by atoms with van der Waals surface area (Å²) in [6, 6.07) is 28.4. The van der Waals surface area contributed by atoms with Crippen LogP contribution in [-0.2, 0) is 11.2 Å². The Morgan fingerprint density at radius 2 is 1.51 bits per heavy atom. The highest BCUT2D eigenvalue weighted by Gasteiger charge is 2.30. The summed E-state index contributed by atoms with van der Waals surface area (Å²) in [5.74, 6) is -0.931. The van der Waals surface area contributed by atoms with Crippen molar-refractivity contribution in [3.8, 4) is 11.5 Å². The van der Waals surface area contributed by atoms with E-state index in [-0.39, 0.29) is 29.0 Å². The summed E-state index contributed by atoms with van der Waals surface area (Å²) in [4.78, 5) is 40.7. The number of thiophene rings is 1. The van der Waals surface area contributed by atoms with Crippen LogP contribution in [0.3, 0.4) is 0 Å². The first kappa shape index (κ1) is 32.3. The van der Waals surface area contributed by atoms with Crippen LogP contribution in [0.1, 0.15) is 42.3 Å². The molecule has 0 atom stereocenters. The van der Waals surface area contributed by atoms with Gasteiger partial charge in [0.15, 0.2) is 5.75 Å². The Bertz CT molecular complexity index is 2390. The molecule has 0 amide bonds. The lowest BCUT2D eigenvalue weighted by Crippen LogP contribution is -2.50. The van der Waals surface area contributed by atoms with Gasteiger partial charge in [0, 0.05) is 35.5 Å². The predicted molar refractivity (Wildman–Crippen MR) is 199 cm³/mol. The number of esters is 1. The van der Waals surface area contributed by atoms with Crippen LogP contribution in [-0.4, -0.2) is 71.2 Å². The molecule has 2 aliphatic rings. The number of methoxy groups -OCH3 is 1. The van der Waals surface area contributed by atoms with E-state index in [1.807, 2.05) is 72.8 Å². The summed E-state index contributed by atoms with van der Waals surface area (Å²) in [5.41, 5.74) is 3.97. The Kier molecular flexibility index (Phi) is 8.29. The van der Waals surface area contributed by atoms with Gasteiger partial charge in [-0.05, 0) is 58.8 Å². The number of ether oxygens (including phenoxy) is 1. The van der Waals surface area contributed by atoms with Crippen LogP contribution in [0.15, 0.2) is 96.0 Å². The van der Waals surface area contributed by atoms with E-state index in [0.29, 0.717) is 37.3 Å². The van der Waals surface area contributed by atoms with Gasteiger partial charge in [0.1, 0.15) is 27.7 Å². The number of carbonyl (C=O) groups excluding carboxylic acids is 1. The summed E-state index contributed by atoms with van der Waals surface area (Å²) < 4.78 is 4.99. The fourth-order valence-electron chi connectivity index (χ4n) is 6.98.